The van der Waals surface area contributed by atoms with Gasteiger partial charge in [-0.25, -0.2) is 9.48 Å². The van der Waals surface area contributed by atoms with E-state index in [4.69, 9.17) is 9.47 Å². The van der Waals surface area contributed by atoms with Gasteiger partial charge in [0.1, 0.15) is 10.8 Å². The number of hydrogen-bond acceptors (Lipinski definition) is 5. The molecule has 0 aliphatic rings. The van der Waals surface area contributed by atoms with Crippen LogP contribution in [0, 0.1) is 0 Å². The van der Waals surface area contributed by atoms with Crippen LogP contribution in [0.3, 0.4) is 0 Å². The molecule has 3 aromatic rings. The first-order chi connectivity index (χ1) is 11.7. The number of rotatable bonds is 5. The monoisotopic (exact) mass is 340 g/mol. The lowest BCUT2D eigenvalue weighted by Gasteiger charge is -2.08. The summed E-state index contributed by atoms with van der Waals surface area (Å²) >= 11 is 1.53. The Morgan fingerprint density at radius 2 is 1.75 bits per heavy atom. The molecule has 0 spiro atoms. The molecule has 0 atom stereocenters. The van der Waals surface area contributed by atoms with Crippen LogP contribution in [-0.2, 0) is 4.74 Å². The number of hydrogen-bond donors (Lipinski definition) is 0. The smallest absolute Gasteiger partial charge is 0.358 e. The number of ether oxygens (including phenoxy) is 2. The average molecular weight is 340 g/mol. The molecule has 5 nitrogen and oxygen atoms in total. The van der Waals surface area contributed by atoms with Gasteiger partial charge in [0.2, 0.25) is 0 Å². The van der Waals surface area contributed by atoms with Crippen molar-refractivity contribution in [1.29, 1.82) is 0 Å². The van der Waals surface area contributed by atoms with Crippen molar-refractivity contribution in [2.45, 2.75) is 9.92 Å². The number of methoxy groups -OCH3 is 2. The third-order valence-corrected chi connectivity index (χ3v) is 4.36. The maximum atomic E-state index is 11.8. The molecule has 0 aliphatic heterocycles. The van der Waals surface area contributed by atoms with Crippen molar-refractivity contribution in [3.05, 3.63) is 66.4 Å². The van der Waals surface area contributed by atoms with Crippen LogP contribution < -0.4 is 4.74 Å². The highest BCUT2D eigenvalue weighted by molar-refractivity contribution is 7.99. The summed E-state index contributed by atoms with van der Waals surface area (Å²) in [6, 6.07) is 19.1. The van der Waals surface area contributed by atoms with Crippen molar-refractivity contribution in [1.82, 2.24) is 9.78 Å². The van der Waals surface area contributed by atoms with Gasteiger partial charge in [0.25, 0.3) is 0 Å². The molecule has 0 fully saturated rings. The molecule has 0 saturated carbocycles. The lowest BCUT2D eigenvalue weighted by atomic mass is 10.3. The average Bonchev–Trinajstić information content (AvgIpc) is 3.05. The molecule has 0 saturated heterocycles. The lowest BCUT2D eigenvalue weighted by Crippen LogP contribution is -2.04. The number of nitrogens with zero attached hydrogens (tertiary/aromatic N) is 2. The van der Waals surface area contributed by atoms with Crippen molar-refractivity contribution in [2.75, 3.05) is 14.2 Å². The summed E-state index contributed by atoms with van der Waals surface area (Å²) < 4.78 is 11.7. The highest BCUT2D eigenvalue weighted by Gasteiger charge is 2.16. The summed E-state index contributed by atoms with van der Waals surface area (Å²) in [4.78, 5) is 12.9. The van der Waals surface area contributed by atoms with E-state index in [1.807, 2.05) is 54.6 Å². The minimum Gasteiger partial charge on any atom is -0.497 e. The summed E-state index contributed by atoms with van der Waals surface area (Å²) in [5.74, 6) is 0.300. The van der Waals surface area contributed by atoms with Crippen LogP contribution in [0.1, 0.15) is 10.5 Å². The topological polar surface area (TPSA) is 53.4 Å². The predicted octanol–water partition coefficient (Wildman–Crippen LogP) is 3.82. The summed E-state index contributed by atoms with van der Waals surface area (Å²) in [5.41, 5.74) is 1.11. The Morgan fingerprint density at radius 3 is 2.38 bits per heavy atom. The molecule has 0 N–H and O–H groups in total. The second-order valence-corrected chi connectivity index (χ2v) is 5.98. The molecule has 122 valence electrons. The van der Waals surface area contributed by atoms with Gasteiger partial charge in [-0.05, 0) is 36.4 Å². The van der Waals surface area contributed by atoms with Gasteiger partial charge in [-0.15, -0.1) is 0 Å². The molecule has 6 heteroatoms. The normalized spacial score (nSPS) is 10.4. The Morgan fingerprint density at radius 1 is 1.04 bits per heavy atom. The Bertz CT molecular complexity index is 829. The van der Waals surface area contributed by atoms with Gasteiger partial charge in [0, 0.05) is 11.0 Å². The first-order valence-corrected chi connectivity index (χ1v) is 8.08. The van der Waals surface area contributed by atoms with E-state index in [1.165, 1.54) is 18.9 Å². The number of carbonyl (C=O) groups is 1. The fraction of sp³-hybridized carbons (Fsp3) is 0.111. The van der Waals surface area contributed by atoms with Gasteiger partial charge in [0.15, 0.2) is 5.69 Å². The zero-order valence-electron chi connectivity index (χ0n) is 13.3. The molecular formula is C18H16N2O3S. The molecule has 24 heavy (non-hydrogen) atoms. The number of aromatic nitrogens is 2. The summed E-state index contributed by atoms with van der Waals surface area (Å²) in [6.07, 6.45) is 0. The molecule has 0 amide bonds. The van der Waals surface area contributed by atoms with E-state index < -0.39 is 5.97 Å². The van der Waals surface area contributed by atoms with E-state index in [9.17, 15) is 4.79 Å². The number of carbonyl (C=O) groups excluding carboxylic acids is 1. The molecule has 3 rings (SSSR count). The van der Waals surface area contributed by atoms with E-state index in [0.717, 1.165) is 21.4 Å². The van der Waals surface area contributed by atoms with Crippen molar-refractivity contribution in [3.63, 3.8) is 0 Å². The van der Waals surface area contributed by atoms with Gasteiger partial charge >= 0.3 is 5.97 Å². The summed E-state index contributed by atoms with van der Waals surface area (Å²) in [5, 5.41) is 5.21. The van der Waals surface area contributed by atoms with E-state index in [-0.39, 0.29) is 5.69 Å². The summed E-state index contributed by atoms with van der Waals surface area (Å²) in [6.45, 7) is 0. The SMILES string of the molecule is COC(=O)c1cc(Sc2ccccc2)n(-c2ccc(OC)cc2)n1. The zero-order valence-corrected chi connectivity index (χ0v) is 14.1. The van der Waals surface area contributed by atoms with Gasteiger partial charge in [0.05, 0.1) is 19.9 Å². The van der Waals surface area contributed by atoms with Gasteiger partial charge in [-0.3, -0.25) is 0 Å². The third kappa shape index (κ3) is 3.44. The van der Waals surface area contributed by atoms with Crippen LogP contribution in [-0.4, -0.2) is 30.0 Å². The van der Waals surface area contributed by atoms with Crippen LogP contribution in [0.2, 0.25) is 0 Å². The van der Waals surface area contributed by atoms with Crippen LogP contribution in [0.5, 0.6) is 5.75 Å². The van der Waals surface area contributed by atoms with Crippen molar-refractivity contribution in [2.24, 2.45) is 0 Å². The Balaban J connectivity index is 2.01. The number of esters is 1. The van der Waals surface area contributed by atoms with Gasteiger partial charge in [-0.2, -0.15) is 5.10 Å². The van der Waals surface area contributed by atoms with E-state index in [2.05, 4.69) is 5.10 Å². The fourth-order valence-corrected chi connectivity index (χ4v) is 3.10. The molecule has 0 bridgehead atoms. The highest BCUT2D eigenvalue weighted by Crippen LogP contribution is 2.30. The molecule has 1 heterocycles. The zero-order chi connectivity index (χ0) is 16.9. The third-order valence-electron chi connectivity index (χ3n) is 3.35. The quantitative estimate of drug-likeness (QED) is 0.661. The highest BCUT2D eigenvalue weighted by atomic mass is 32.2. The van der Waals surface area contributed by atoms with Crippen LogP contribution in [0.25, 0.3) is 5.69 Å². The molecule has 0 radical (unpaired) electrons. The Hall–Kier alpha value is -2.73. The molecule has 2 aromatic carbocycles. The Labute approximate surface area is 144 Å². The number of benzene rings is 2. The van der Waals surface area contributed by atoms with E-state index in [1.54, 1.807) is 17.9 Å². The first-order valence-electron chi connectivity index (χ1n) is 7.27. The first kappa shape index (κ1) is 16.1. The standard InChI is InChI=1S/C18H16N2O3S/c1-22-14-10-8-13(9-11-14)20-17(12-16(19-20)18(21)23-2)24-15-6-4-3-5-7-15/h3-12H,1-2H3. The largest absolute Gasteiger partial charge is 0.497 e. The molecule has 1 aromatic heterocycles. The lowest BCUT2D eigenvalue weighted by molar-refractivity contribution is 0.0593. The van der Waals surface area contributed by atoms with E-state index in [0.29, 0.717) is 0 Å². The maximum Gasteiger partial charge on any atom is 0.358 e. The minimum absolute atomic E-state index is 0.270. The summed E-state index contributed by atoms with van der Waals surface area (Å²) in [7, 11) is 2.97. The van der Waals surface area contributed by atoms with Gasteiger partial charge < -0.3 is 9.47 Å². The maximum absolute atomic E-state index is 11.8. The molecule has 0 aliphatic carbocycles. The molecule has 0 unspecified atom stereocenters. The second-order valence-electron chi connectivity index (χ2n) is 4.88. The van der Waals surface area contributed by atoms with Crippen LogP contribution >= 0.6 is 11.8 Å². The predicted molar refractivity (Wildman–Crippen MR) is 92.0 cm³/mol. The van der Waals surface area contributed by atoms with Crippen molar-refractivity contribution < 1.29 is 14.3 Å². The fourth-order valence-electron chi connectivity index (χ4n) is 2.16. The van der Waals surface area contributed by atoms with Crippen molar-refractivity contribution >= 4 is 17.7 Å². The van der Waals surface area contributed by atoms with Crippen LogP contribution in [0.15, 0.2) is 70.6 Å². The van der Waals surface area contributed by atoms with E-state index >= 15 is 0 Å². The van der Waals surface area contributed by atoms with Crippen molar-refractivity contribution in [3.8, 4) is 11.4 Å². The van der Waals surface area contributed by atoms with Gasteiger partial charge in [-0.1, -0.05) is 30.0 Å². The second kappa shape index (κ2) is 7.23. The molecular weight excluding hydrogens is 324 g/mol. The Kier molecular flexibility index (Phi) is 4.86. The van der Waals surface area contributed by atoms with Crippen LogP contribution in [0.4, 0.5) is 0 Å². The minimum atomic E-state index is -0.461.